The molecule has 90 valence electrons. The van der Waals surface area contributed by atoms with E-state index in [-0.39, 0.29) is 5.56 Å². The molecule has 0 amide bonds. The van der Waals surface area contributed by atoms with Crippen molar-refractivity contribution in [2.45, 2.75) is 10.7 Å². The molecule has 3 rings (SSSR count). The van der Waals surface area contributed by atoms with Crippen LogP contribution in [0.4, 0.5) is 4.39 Å². The van der Waals surface area contributed by atoms with E-state index < -0.39 is 17.6 Å². The summed E-state index contributed by atoms with van der Waals surface area (Å²) in [7, 11) is 0. The summed E-state index contributed by atoms with van der Waals surface area (Å²) in [4.78, 5) is 11.5. The van der Waals surface area contributed by atoms with Gasteiger partial charge in [-0.3, -0.25) is 0 Å². The van der Waals surface area contributed by atoms with Gasteiger partial charge in [-0.2, -0.15) is 0 Å². The van der Waals surface area contributed by atoms with Crippen molar-refractivity contribution in [1.82, 2.24) is 0 Å². The molecule has 2 heterocycles. The molecule has 1 aromatic carbocycles. The molecule has 0 saturated carbocycles. The first-order chi connectivity index (χ1) is 8.12. The predicted molar refractivity (Wildman–Crippen MR) is 57.7 cm³/mol. The van der Waals surface area contributed by atoms with E-state index in [0.717, 1.165) is 0 Å². The standard InChI is InChI=1S/C11H9FO4S/c12-8-4-7-9(3-6(8)10(13)14)17-5-11(7)15-1-2-16-11/h3-4H,1-2,5H2,(H,13,14). The SMILES string of the molecule is O=C(O)c1cc2c(cc1F)C1(CS2)OCCO1. The van der Waals surface area contributed by atoms with E-state index in [1.165, 1.54) is 23.9 Å². The number of carboxylic acids is 1. The van der Waals surface area contributed by atoms with Crippen LogP contribution in [-0.4, -0.2) is 30.0 Å². The van der Waals surface area contributed by atoms with Gasteiger partial charge in [0.1, 0.15) is 5.82 Å². The Morgan fingerprint density at radius 3 is 2.76 bits per heavy atom. The highest BCUT2D eigenvalue weighted by molar-refractivity contribution is 7.99. The third kappa shape index (κ3) is 1.55. The van der Waals surface area contributed by atoms with E-state index in [1.54, 1.807) is 0 Å². The zero-order valence-corrected chi connectivity index (χ0v) is 9.55. The second kappa shape index (κ2) is 3.69. The molecular formula is C11H9FO4S. The summed E-state index contributed by atoms with van der Waals surface area (Å²) in [5, 5.41) is 8.84. The van der Waals surface area contributed by atoms with Gasteiger partial charge in [0.25, 0.3) is 0 Å². The molecule has 17 heavy (non-hydrogen) atoms. The number of hydrogen-bond donors (Lipinski definition) is 1. The summed E-state index contributed by atoms with van der Waals surface area (Å²) in [6.07, 6.45) is 0. The highest BCUT2D eigenvalue weighted by atomic mass is 32.2. The van der Waals surface area contributed by atoms with E-state index in [2.05, 4.69) is 0 Å². The number of rotatable bonds is 1. The van der Waals surface area contributed by atoms with E-state index in [9.17, 15) is 9.18 Å². The van der Waals surface area contributed by atoms with Crippen molar-refractivity contribution in [1.29, 1.82) is 0 Å². The van der Waals surface area contributed by atoms with Gasteiger partial charge >= 0.3 is 5.97 Å². The average molecular weight is 256 g/mol. The zero-order chi connectivity index (χ0) is 12.0. The Bertz CT molecular complexity index is 496. The number of benzene rings is 1. The second-order valence-corrected chi connectivity index (χ2v) is 4.89. The Hall–Kier alpha value is -1.11. The monoisotopic (exact) mass is 256 g/mol. The van der Waals surface area contributed by atoms with Crippen LogP contribution in [0.25, 0.3) is 0 Å². The van der Waals surface area contributed by atoms with Gasteiger partial charge in [0.15, 0.2) is 0 Å². The van der Waals surface area contributed by atoms with Crippen LogP contribution in [0.1, 0.15) is 15.9 Å². The molecule has 0 unspecified atom stereocenters. The fraction of sp³-hybridized carbons (Fsp3) is 0.364. The van der Waals surface area contributed by atoms with Gasteiger partial charge in [-0.15, -0.1) is 11.8 Å². The van der Waals surface area contributed by atoms with E-state index in [0.29, 0.717) is 29.4 Å². The largest absolute Gasteiger partial charge is 0.478 e. The summed E-state index contributed by atoms with van der Waals surface area (Å²) >= 11 is 1.42. The Morgan fingerprint density at radius 1 is 1.41 bits per heavy atom. The Kier molecular flexibility index (Phi) is 2.39. The molecule has 4 nitrogen and oxygen atoms in total. The lowest BCUT2D eigenvalue weighted by Gasteiger charge is -2.21. The quantitative estimate of drug-likeness (QED) is 0.830. The molecule has 1 spiro atoms. The Labute approximate surface area is 101 Å². The number of hydrogen-bond acceptors (Lipinski definition) is 4. The lowest BCUT2D eigenvalue weighted by atomic mass is 10.0. The van der Waals surface area contributed by atoms with Gasteiger partial charge in [-0.05, 0) is 12.1 Å². The molecule has 0 radical (unpaired) electrons. The molecule has 2 aliphatic heterocycles. The Morgan fingerprint density at radius 2 is 2.12 bits per heavy atom. The summed E-state index contributed by atoms with van der Waals surface area (Å²) < 4.78 is 24.7. The summed E-state index contributed by atoms with van der Waals surface area (Å²) in [6, 6.07) is 2.56. The van der Waals surface area contributed by atoms with Crippen LogP contribution in [0, 0.1) is 5.82 Å². The van der Waals surface area contributed by atoms with Gasteiger partial charge in [-0.1, -0.05) is 0 Å². The van der Waals surface area contributed by atoms with Crippen LogP contribution in [0.5, 0.6) is 0 Å². The lowest BCUT2D eigenvalue weighted by Crippen LogP contribution is -2.27. The fourth-order valence-electron chi connectivity index (χ4n) is 2.08. The minimum absolute atomic E-state index is 0.314. The van der Waals surface area contributed by atoms with E-state index >= 15 is 0 Å². The molecule has 0 bridgehead atoms. The number of carbonyl (C=O) groups is 1. The third-order valence-corrected chi connectivity index (χ3v) is 4.05. The van der Waals surface area contributed by atoms with Crippen LogP contribution in [-0.2, 0) is 15.3 Å². The highest BCUT2D eigenvalue weighted by Gasteiger charge is 2.45. The molecule has 1 aromatic rings. The van der Waals surface area contributed by atoms with Gasteiger partial charge in [0.05, 0.1) is 24.5 Å². The normalized spacial score (nSPS) is 20.8. The minimum Gasteiger partial charge on any atom is -0.478 e. The summed E-state index contributed by atoms with van der Waals surface area (Å²) in [6.45, 7) is 0.949. The van der Waals surface area contributed by atoms with Crippen molar-refractivity contribution in [3.8, 4) is 0 Å². The molecule has 2 aliphatic rings. The first-order valence-electron chi connectivity index (χ1n) is 5.10. The van der Waals surface area contributed by atoms with Crippen LogP contribution in [0.15, 0.2) is 17.0 Å². The number of ether oxygens (including phenoxy) is 2. The fourth-order valence-corrected chi connectivity index (χ4v) is 3.32. The maximum absolute atomic E-state index is 13.6. The van der Waals surface area contributed by atoms with Crippen molar-refractivity contribution in [3.63, 3.8) is 0 Å². The molecular weight excluding hydrogens is 247 g/mol. The molecule has 0 aromatic heterocycles. The van der Waals surface area contributed by atoms with Gasteiger partial charge in [0.2, 0.25) is 5.79 Å². The maximum Gasteiger partial charge on any atom is 0.338 e. The molecule has 0 atom stereocenters. The number of carboxylic acid groups (broad SMARTS) is 1. The first kappa shape index (κ1) is 11.0. The number of thioether (sulfide) groups is 1. The van der Waals surface area contributed by atoms with Crippen molar-refractivity contribution >= 4 is 17.7 Å². The number of aromatic carboxylic acids is 1. The molecule has 0 aliphatic carbocycles. The first-order valence-corrected chi connectivity index (χ1v) is 6.09. The molecule has 1 saturated heterocycles. The van der Waals surface area contributed by atoms with Crippen LogP contribution in [0.3, 0.4) is 0 Å². The van der Waals surface area contributed by atoms with Gasteiger partial charge in [0, 0.05) is 10.5 Å². The number of fused-ring (bicyclic) bond motifs is 2. The third-order valence-electron chi connectivity index (χ3n) is 2.88. The summed E-state index contributed by atoms with van der Waals surface area (Å²) in [5.41, 5.74) is 0.286. The van der Waals surface area contributed by atoms with Gasteiger partial charge < -0.3 is 14.6 Å². The van der Waals surface area contributed by atoms with Crippen LogP contribution < -0.4 is 0 Å². The lowest BCUT2D eigenvalue weighted by molar-refractivity contribution is -0.144. The molecule has 1 N–H and O–H groups in total. The van der Waals surface area contributed by atoms with Crippen molar-refractivity contribution in [2.75, 3.05) is 19.0 Å². The zero-order valence-electron chi connectivity index (χ0n) is 8.73. The number of halogens is 1. The Balaban J connectivity index is 2.11. The van der Waals surface area contributed by atoms with Crippen LogP contribution >= 0.6 is 11.8 Å². The van der Waals surface area contributed by atoms with Crippen molar-refractivity contribution < 1.29 is 23.8 Å². The molecule has 1 fully saturated rings. The highest BCUT2D eigenvalue weighted by Crippen LogP contribution is 2.48. The predicted octanol–water partition coefficient (Wildman–Crippen LogP) is 1.83. The minimum atomic E-state index is -1.26. The topological polar surface area (TPSA) is 55.8 Å². The van der Waals surface area contributed by atoms with Crippen molar-refractivity contribution in [2.24, 2.45) is 0 Å². The second-order valence-electron chi connectivity index (χ2n) is 3.87. The maximum atomic E-state index is 13.6. The van der Waals surface area contributed by atoms with Crippen molar-refractivity contribution in [3.05, 3.63) is 29.1 Å². The van der Waals surface area contributed by atoms with Crippen LogP contribution in [0.2, 0.25) is 0 Å². The average Bonchev–Trinajstić information content (AvgIpc) is 2.88. The van der Waals surface area contributed by atoms with E-state index in [4.69, 9.17) is 14.6 Å². The van der Waals surface area contributed by atoms with E-state index in [1.807, 2.05) is 0 Å². The molecule has 6 heteroatoms. The van der Waals surface area contributed by atoms with Gasteiger partial charge in [-0.25, -0.2) is 9.18 Å². The summed E-state index contributed by atoms with van der Waals surface area (Å²) in [5.74, 6) is -2.36. The smallest absolute Gasteiger partial charge is 0.338 e.